The van der Waals surface area contributed by atoms with E-state index in [1.807, 2.05) is 20.0 Å². The SMILES string of the molecule is C#CC1=C=C(C(=C)NC)C1/C=C\C. The van der Waals surface area contributed by atoms with Crippen molar-refractivity contribution in [2.45, 2.75) is 6.92 Å². The van der Waals surface area contributed by atoms with E-state index in [1.54, 1.807) is 0 Å². The molecule has 1 aliphatic rings. The summed E-state index contributed by atoms with van der Waals surface area (Å²) in [6.45, 7) is 5.85. The summed E-state index contributed by atoms with van der Waals surface area (Å²) in [6.07, 6.45) is 9.36. The third-order valence-electron chi connectivity index (χ3n) is 2.06. The lowest BCUT2D eigenvalue weighted by Gasteiger charge is -2.22. The Balaban J connectivity index is 2.93. The van der Waals surface area contributed by atoms with Gasteiger partial charge in [0.15, 0.2) is 0 Å². The molecule has 0 radical (unpaired) electrons. The first-order chi connectivity index (χ1) is 6.24. The first-order valence-corrected chi connectivity index (χ1v) is 4.21. The molecule has 0 bridgehead atoms. The monoisotopic (exact) mass is 171 g/mol. The molecule has 0 amide bonds. The van der Waals surface area contributed by atoms with Crippen LogP contribution in [-0.2, 0) is 0 Å². The number of hydrogen-bond acceptors (Lipinski definition) is 1. The van der Waals surface area contributed by atoms with Crippen LogP contribution in [0.25, 0.3) is 0 Å². The maximum atomic E-state index is 5.31. The molecule has 0 spiro atoms. The van der Waals surface area contributed by atoms with Gasteiger partial charge < -0.3 is 5.32 Å². The molecule has 0 saturated carbocycles. The number of allylic oxidation sites excluding steroid dienone is 3. The lowest BCUT2D eigenvalue weighted by Crippen LogP contribution is -2.18. The summed E-state index contributed by atoms with van der Waals surface area (Å²) in [5, 5.41) is 2.99. The van der Waals surface area contributed by atoms with Crippen LogP contribution in [0.4, 0.5) is 0 Å². The van der Waals surface area contributed by atoms with Gasteiger partial charge in [-0.15, -0.1) is 12.2 Å². The van der Waals surface area contributed by atoms with Crippen molar-refractivity contribution in [1.82, 2.24) is 5.32 Å². The molecule has 1 heteroatoms. The van der Waals surface area contributed by atoms with E-state index in [9.17, 15) is 0 Å². The molecule has 13 heavy (non-hydrogen) atoms. The van der Waals surface area contributed by atoms with E-state index in [2.05, 4.69) is 29.6 Å². The van der Waals surface area contributed by atoms with Gasteiger partial charge in [0.1, 0.15) is 0 Å². The number of terminal acetylenes is 1. The van der Waals surface area contributed by atoms with Crippen LogP contribution in [-0.4, -0.2) is 7.05 Å². The van der Waals surface area contributed by atoms with Gasteiger partial charge in [-0.05, 0) is 6.92 Å². The molecule has 1 aliphatic carbocycles. The predicted octanol–water partition coefficient (Wildman–Crippen LogP) is 2.01. The highest BCUT2D eigenvalue weighted by Gasteiger charge is 2.23. The molecule has 0 fully saturated rings. The lowest BCUT2D eigenvalue weighted by atomic mass is 9.82. The van der Waals surface area contributed by atoms with E-state index < -0.39 is 0 Å². The van der Waals surface area contributed by atoms with Gasteiger partial charge in [0.25, 0.3) is 0 Å². The Morgan fingerprint density at radius 2 is 2.46 bits per heavy atom. The van der Waals surface area contributed by atoms with Crippen LogP contribution in [0.1, 0.15) is 6.92 Å². The van der Waals surface area contributed by atoms with Crippen molar-refractivity contribution in [3.05, 3.63) is 41.3 Å². The second kappa shape index (κ2) is 3.85. The Labute approximate surface area is 79.5 Å². The number of rotatable bonds is 3. The Hall–Kier alpha value is -1.64. The van der Waals surface area contributed by atoms with Gasteiger partial charge >= 0.3 is 0 Å². The van der Waals surface area contributed by atoms with Crippen molar-refractivity contribution < 1.29 is 0 Å². The molecule has 0 aliphatic heterocycles. The summed E-state index contributed by atoms with van der Waals surface area (Å²) in [4.78, 5) is 0. The van der Waals surface area contributed by atoms with Crippen LogP contribution in [0.15, 0.2) is 41.3 Å². The van der Waals surface area contributed by atoms with E-state index in [0.29, 0.717) is 0 Å². The molecule has 66 valence electrons. The van der Waals surface area contributed by atoms with Crippen LogP contribution in [0.2, 0.25) is 0 Å². The fourth-order valence-corrected chi connectivity index (χ4v) is 1.28. The van der Waals surface area contributed by atoms with Crippen LogP contribution in [0.5, 0.6) is 0 Å². The average molecular weight is 171 g/mol. The molecule has 1 nitrogen and oxygen atoms in total. The largest absolute Gasteiger partial charge is 0.388 e. The first kappa shape index (κ1) is 9.45. The molecule has 1 N–H and O–H groups in total. The number of nitrogens with one attached hydrogen (secondary N) is 1. The van der Waals surface area contributed by atoms with E-state index >= 15 is 0 Å². The normalized spacial score (nSPS) is 19.9. The summed E-state index contributed by atoms with van der Waals surface area (Å²) >= 11 is 0. The summed E-state index contributed by atoms with van der Waals surface area (Å²) in [7, 11) is 1.84. The van der Waals surface area contributed by atoms with Crippen molar-refractivity contribution in [2.24, 2.45) is 5.92 Å². The van der Waals surface area contributed by atoms with Crippen molar-refractivity contribution in [2.75, 3.05) is 7.05 Å². The summed E-state index contributed by atoms with van der Waals surface area (Å²) in [5.74, 6) is 2.83. The summed E-state index contributed by atoms with van der Waals surface area (Å²) in [6, 6.07) is 0. The zero-order chi connectivity index (χ0) is 9.84. The second-order valence-corrected chi connectivity index (χ2v) is 2.83. The second-order valence-electron chi connectivity index (χ2n) is 2.83. The van der Waals surface area contributed by atoms with Crippen LogP contribution >= 0.6 is 0 Å². The summed E-state index contributed by atoms with van der Waals surface area (Å²) < 4.78 is 0. The van der Waals surface area contributed by atoms with Crippen molar-refractivity contribution in [1.29, 1.82) is 0 Å². The highest BCUT2D eigenvalue weighted by molar-refractivity contribution is 5.52. The summed E-state index contributed by atoms with van der Waals surface area (Å²) in [5.41, 5.74) is 5.96. The lowest BCUT2D eigenvalue weighted by molar-refractivity contribution is 0.844. The third kappa shape index (κ3) is 1.59. The van der Waals surface area contributed by atoms with Gasteiger partial charge in [-0.25, -0.2) is 0 Å². The van der Waals surface area contributed by atoms with Gasteiger partial charge in [0, 0.05) is 18.3 Å². The highest BCUT2D eigenvalue weighted by Crippen LogP contribution is 2.31. The Morgan fingerprint density at radius 1 is 1.77 bits per heavy atom. The number of hydrogen-bond donors (Lipinski definition) is 1. The molecular weight excluding hydrogens is 158 g/mol. The smallest absolute Gasteiger partial charge is 0.0559 e. The van der Waals surface area contributed by atoms with Gasteiger partial charge in [0.05, 0.1) is 11.5 Å². The topological polar surface area (TPSA) is 12.0 Å². The van der Waals surface area contributed by atoms with E-state index in [0.717, 1.165) is 16.8 Å². The molecule has 1 atom stereocenters. The fraction of sp³-hybridized carbons (Fsp3) is 0.250. The minimum atomic E-state index is 0.218. The molecule has 0 aromatic carbocycles. The maximum absolute atomic E-state index is 5.31. The van der Waals surface area contributed by atoms with Crippen molar-refractivity contribution >= 4 is 0 Å². The molecule has 0 saturated heterocycles. The van der Waals surface area contributed by atoms with Gasteiger partial charge in [-0.3, -0.25) is 0 Å². The zero-order valence-electron chi connectivity index (χ0n) is 8.02. The Morgan fingerprint density at radius 3 is 2.92 bits per heavy atom. The van der Waals surface area contributed by atoms with E-state index in [1.165, 1.54) is 0 Å². The minimum Gasteiger partial charge on any atom is -0.388 e. The first-order valence-electron chi connectivity index (χ1n) is 4.21. The quantitative estimate of drug-likeness (QED) is 0.389. The zero-order valence-corrected chi connectivity index (χ0v) is 8.02. The van der Waals surface area contributed by atoms with Crippen molar-refractivity contribution in [3.63, 3.8) is 0 Å². The molecule has 1 rings (SSSR count). The fourth-order valence-electron chi connectivity index (χ4n) is 1.28. The maximum Gasteiger partial charge on any atom is 0.0559 e. The Kier molecular flexibility index (Phi) is 2.80. The number of likely N-dealkylation sites (N-methyl/N-ethyl adjacent to an activating group) is 1. The van der Waals surface area contributed by atoms with Gasteiger partial charge in [0.2, 0.25) is 0 Å². The molecule has 0 heterocycles. The van der Waals surface area contributed by atoms with E-state index in [4.69, 9.17) is 6.42 Å². The third-order valence-corrected chi connectivity index (χ3v) is 2.06. The van der Waals surface area contributed by atoms with Crippen molar-refractivity contribution in [3.8, 4) is 12.3 Å². The van der Waals surface area contributed by atoms with Gasteiger partial charge in [-0.1, -0.05) is 24.7 Å². The predicted molar refractivity (Wildman–Crippen MR) is 55.9 cm³/mol. The minimum absolute atomic E-state index is 0.218. The highest BCUT2D eigenvalue weighted by atomic mass is 14.8. The average Bonchev–Trinajstić information content (AvgIpc) is 2.13. The van der Waals surface area contributed by atoms with E-state index in [-0.39, 0.29) is 5.92 Å². The van der Waals surface area contributed by atoms with Crippen LogP contribution in [0, 0.1) is 18.3 Å². The molecule has 0 aromatic heterocycles. The van der Waals surface area contributed by atoms with Gasteiger partial charge in [-0.2, -0.15) is 0 Å². The molecular formula is C12H13N. The molecule has 0 aromatic rings. The molecule has 1 unspecified atom stereocenters. The standard InChI is InChI=1S/C12H13N/c1-5-7-11-10(6-2)8-12(11)9(3)13-4/h2,5,7,11,13H,3H2,1,4H3/b7-5-. The Bertz CT molecular complexity index is 357. The van der Waals surface area contributed by atoms with Crippen LogP contribution < -0.4 is 5.32 Å². The van der Waals surface area contributed by atoms with Crippen LogP contribution in [0.3, 0.4) is 0 Å².